The second-order valence-electron chi connectivity index (χ2n) is 16.6. The van der Waals surface area contributed by atoms with Crippen molar-refractivity contribution in [2.45, 2.75) is 72.4 Å². The molecule has 2 aromatic heterocycles. The molecular weight excluding hydrogens is 904 g/mol. The topological polar surface area (TPSA) is 42.6 Å². The fourth-order valence-corrected chi connectivity index (χ4v) is 9.19. The zero-order valence-electron chi connectivity index (χ0n) is 34.9. The van der Waals surface area contributed by atoms with E-state index in [0.29, 0.717) is 11.5 Å². The van der Waals surface area contributed by atoms with E-state index < -0.39 is 11.1 Å². The molecule has 1 atom stereocenters. The smallest absolute Gasteiger partial charge is 0.503 e. The first-order chi connectivity index (χ1) is 27.9. The third-order valence-electron chi connectivity index (χ3n) is 12.2. The van der Waals surface area contributed by atoms with Gasteiger partial charge in [-0.1, -0.05) is 122 Å². The molecule has 0 saturated carbocycles. The molecule has 6 aromatic carbocycles. The Balaban J connectivity index is 0.00000484. The molecule has 0 amide bonds. The molecule has 0 unspecified atom stereocenters. The maximum Gasteiger partial charge on any atom is 2.00 e. The van der Waals surface area contributed by atoms with Crippen LogP contribution >= 0.6 is 0 Å². The molecule has 59 heavy (non-hydrogen) atoms. The van der Waals surface area contributed by atoms with Gasteiger partial charge in [-0.25, -0.2) is 4.98 Å². The minimum absolute atomic E-state index is 0. The summed E-state index contributed by atoms with van der Waals surface area (Å²) in [5, 5.41) is 2.28. The first kappa shape index (κ1) is 40.0. The number of hydrogen-bond acceptors (Lipinski definition) is 4. The van der Waals surface area contributed by atoms with Crippen molar-refractivity contribution in [3.8, 4) is 17.2 Å². The summed E-state index contributed by atoms with van der Waals surface area (Å²) < 4.78 is 8.97. The maximum absolute atomic E-state index is 6.78. The number of ether oxygens (including phenoxy) is 1. The monoisotopic (exact) mass is 951 g/mol. The zero-order chi connectivity index (χ0) is 40.3. The van der Waals surface area contributed by atoms with Gasteiger partial charge in [0.2, 0.25) is 0 Å². The average molecular weight is 952 g/mol. The van der Waals surface area contributed by atoms with Crippen molar-refractivity contribution in [2.24, 2.45) is 4.99 Å². The summed E-state index contributed by atoms with van der Waals surface area (Å²) in [5.41, 5.74) is 12.0. The molecular formula is C53H48N4OPt. The molecule has 0 N–H and O–H groups in total. The van der Waals surface area contributed by atoms with Crippen LogP contribution in [0, 0.1) is 46.8 Å². The van der Waals surface area contributed by atoms with E-state index in [2.05, 4.69) is 192 Å². The summed E-state index contributed by atoms with van der Waals surface area (Å²) in [6, 6.07) is 54.6. The SMILES string of the molecule is Cc1cc(Oc2[c-]c(-n3c4ccc(C)cc4c4cccnc43)cc(C)c2)[c-]c(C2=N[C@](C)(C(c3ccccc3)c3ccccc3)C(C)(C)N2c2c(C)cccc2C)c1.[Pt+2]. The van der Waals surface area contributed by atoms with Crippen LogP contribution in [0.2, 0.25) is 0 Å². The van der Waals surface area contributed by atoms with Gasteiger partial charge in [0.05, 0.1) is 22.4 Å². The first-order valence-electron chi connectivity index (χ1n) is 20.1. The number of fused-ring (bicyclic) bond motifs is 3. The van der Waals surface area contributed by atoms with E-state index in [0.717, 1.165) is 44.8 Å². The molecule has 9 rings (SSSR count). The number of aliphatic imine (C=N–C) groups is 1. The molecule has 6 heteroatoms. The predicted molar refractivity (Wildman–Crippen MR) is 239 cm³/mol. The van der Waals surface area contributed by atoms with Crippen molar-refractivity contribution < 1.29 is 25.8 Å². The van der Waals surface area contributed by atoms with E-state index in [9.17, 15) is 0 Å². The molecule has 5 nitrogen and oxygen atoms in total. The van der Waals surface area contributed by atoms with Gasteiger partial charge >= 0.3 is 21.1 Å². The van der Waals surface area contributed by atoms with Crippen LogP contribution in [-0.2, 0) is 21.1 Å². The predicted octanol–water partition coefficient (Wildman–Crippen LogP) is 12.7. The molecule has 0 bridgehead atoms. The van der Waals surface area contributed by atoms with Gasteiger partial charge in [0.15, 0.2) is 0 Å². The summed E-state index contributed by atoms with van der Waals surface area (Å²) in [6.07, 6.45) is 1.85. The van der Waals surface area contributed by atoms with Crippen LogP contribution in [0.15, 0.2) is 145 Å². The third-order valence-corrected chi connectivity index (χ3v) is 12.2. The summed E-state index contributed by atoms with van der Waals surface area (Å²) >= 11 is 0. The largest absolute Gasteiger partial charge is 2.00 e. The number of nitrogens with zero attached hydrogens (tertiary/aromatic N) is 4. The Morgan fingerprint density at radius 3 is 1.90 bits per heavy atom. The van der Waals surface area contributed by atoms with Crippen LogP contribution in [0.25, 0.3) is 27.6 Å². The van der Waals surface area contributed by atoms with E-state index in [4.69, 9.17) is 14.7 Å². The van der Waals surface area contributed by atoms with Crippen LogP contribution in [0.3, 0.4) is 0 Å². The normalized spacial score (nSPS) is 16.1. The Bertz CT molecular complexity index is 2820. The Labute approximate surface area is 362 Å². The Hall–Kier alpha value is -5.77. The molecule has 0 fully saturated rings. The van der Waals surface area contributed by atoms with Crippen molar-refractivity contribution in [3.05, 3.63) is 196 Å². The van der Waals surface area contributed by atoms with Crippen molar-refractivity contribution in [2.75, 3.05) is 4.90 Å². The van der Waals surface area contributed by atoms with Gasteiger partial charge in [-0.2, -0.15) is 5.56 Å². The van der Waals surface area contributed by atoms with Crippen molar-refractivity contribution >= 4 is 33.5 Å². The number of anilines is 1. The van der Waals surface area contributed by atoms with Gasteiger partial charge in [-0.05, 0) is 88.1 Å². The molecule has 1 aliphatic heterocycles. The van der Waals surface area contributed by atoms with E-state index in [-0.39, 0.29) is 27.0 Å². The minimum Gasteiger partial charge on any atom is -0.503 e. The second kappa shape index (κ2) is 15.4. The summed E-state index contributed by atoms with van der Waals surface area (Å²) in [7, 11) is 0. The number of rotatable bonds is 8. The van der Waals surface area contributed by atoms with Crippen LogP contribution < -0.4 is 9.64 Å². The summed E-state index contributed by atoms with van der Waals surface area (Å²) in [5.74, 6) is 2.06. The number of aromatic nitrogens is 2. The number of hydrogen-bond donors (Lipinski definition) is 0. The minimum atomic E-state index is -0.605. The van der Waals surface area contributed by atoms with Gasteiger partial charge in [0.1, 0.15) is 5.65 Å². The zero-order valence-corrected chi connectivity index (χ0v) is 37.1. The van der Waals surface area contributed by atoms with E-state index in [1.165, 1.54) is 38.9 Å². The quantitative estimate of drug-likeness (QED) is 0.143. The van der Waals surface area contributed by atoms with Crippen molar-refractivity contribution in [3.63, 3.8) is 0 Å². The van der Waals surface area contributed by atoms with Gasteiger partial charge in [0.25, 0.3) is 0 Å². The Morgan fingerprint density at radius 2 is 1.24 bits per heavy atom. The van der Waals surface area contributed by atoms with Gasteiger partial charge in [-0.3, -0.25) is 0 Å². The molecule has 296 valence electrons. The third kappa shape index (κ3) is 6.90. The fraction of sp³-hybridized carbons (Fsp3) is 0.208. The second-order valence-corrected chi connectivity index (χ2v) is 16.6. The van der Waals surface area contributed by atoms with Gasteiger partial charge in [-0.15, -0.1) is 35.4 Å². The molecule has 0 radical (unpaired) electrons. The Kier molecular flexibility index (Phi) is 10.5. The molecule has 0 aliphatic carbocycles. The molecule has 8 aromatic rings. The Morgan fingerprint density at radius 1 is 0.610 bits per heavy atom. The molecule has 3 heterocycles. The van der Waals surface area contributed by atoms with Crippen LogP contribution in [0.5, 0.6) is 11.5 Å². The molecule has 0 spiro atoms. The van der Waals surface area contributed by atoms with E-state index in [1.54, 1.807) is 0 Å². The number of para-hydroxylation sites is 1. The number of amidine groups is 1. The summed E-state index contributed by atoms with van der Waals surface area (Å²) in [6.45, 7) is 17.7. The van der Waals surface area contributed by atoms with E-state index >= 15 is 0 Å². The number of benzene rings is 6. The summed E-state index contributed by atoms with van der Waals surface area (Å²) in [4.78, 5) is 13.2. The average Bonchev–Trinajstić information content (AvgIpc) is 3.63. The number of aryl methyl sites for hydroxylation is 5. The fourth-order valence-electron chi connectivity index (χ4n) is 9.19. The van der Waals surface area contributed by atoms with Gasteiger partial charge in [0, 0.05) is 40.1 Å². The van der Waals surface area contributed by atoms with Gasteiger partial charge < -0.3 is 19.2 Å². The van der Waals surface area contributed by atoms with Crippen molar-refractivity contribution in [1.82, 2.24) is 9.55 Å². The maximum atomic E-state index is 6.78. The standard InChI is InChI=1S/C53H48N4O.Pt/c1-34-24-25-47-46(31-34)45-23-16-26-54-51(45)56(47)42-28-36(3)30-44(33-42)58-43-29-35(2)27-41(32-43)50-55-53(8,52(6,7)57(50)49-37(4)17-15-18-38(49)5)48(39-19-11-9-12-20-39)40-21-13-10-14-22-40;/h9-31,48H,1-8H3;/q-2;+2/t53-;/m1./s1. The number of pyridine rings is 1. The molecule has 0 saturated heterocycles. The first-order valence-corrected chi connectivity index (χ1v) is 20.1. The van der Waals surface area contributed by atoms with E-state index in [1.807, 2.05) is 24.4 Å². The van der Waals surface area contributed by atoms with Crippen LogP contribution in [0.4, 0.5) is 5.69 Å². The van der Waals surface area contributed by atoms with Crippen LogP contribution in [-0.4, -0.2) is 26.5 Å². The van der Waals surface area contributed by atoms with Crippen LogP contribution in [0.1, 0.15) is 71.2 Å². The van der Waals surface area contributed by atoms with Crippen molar-refractivity contribution in [1.29, 1.82) is 0 Å². The molecule has 1 aliphatic rings.